The van der Waals surface area contributed by atoms with Crippen LogP contribution in [0.3, 0.4) is 0 Å². The number of hydrogen-bond acceptors (Lipinski definition) is 7. The highest BCUT2D eigenvalue weighted by molar-refractivity contribution is 7.05. The minimum absolute atomic E-state index is 0.470. The van der Waals surface area contributed by atoms with Crippen molar-refractivity contribution < 1.29 is 4.74 Å². The maximum Gasteiger partial charge on any atom is 0.263 e. The van der Waals surface area contributed by atoms with Gasteiger partial charge in [0.25, 0.3) is 5.95 Å². The first kappa shape index (κ1) is 8.88. The molecular formula is C6H8N6OS. The quantitative estimate of drug-likeness (QED) is 0.756. The van der Waals surface area contributed by atoms with Crippen LogP contribution in [-0.4, -0.2) is 32.1 Å². The molecule has 0 saturated carbocycles. The number of rotatable bonds is 4. The summed E-state index contributed by atoms with van der Waals surface area (Å²) in [7, 11) is 1.59. The third kappa shape index (κ3) is 1.96. The Morgan fingerprint density at radius 1 is 1.64 bits per heavy atom. The lowest BCUT2D eigenvalue weighted by Gasteiger charge is -1.95. The molecule has 8 heteroatoms. The first-order valence-corrected chi connectivity index (χ1v) is 4.62. The zero-order valence-corrected chi connectivity index (χ0v) is 8.21. The first-order valence-electron chi connectivity index (χ1n) is 3.85. The highest BCUT2D eigenvalue weighted by atomic mass is 32.1. The second kappa shape index (κ2) is 4.01. The van der Waals surface area contributed by atoms with Gasteiger partial charge in [-0.3, -0.25) is 0 Å². The zero-order chi connectivity index (χ0) is 9.80. The fourth-order valence-electron chi connectivity index (χ4n) is 0.876. The molecule has 0 aromatic carbocycles. The Balaban J connectivity index is 1.92. The second-order valence-corrected chi connectivity index (χ2v) is 3.31. The number of nitrogens with zero attached hydrogens (tertiary/aromatic N) is 4. The molecule has 2 aromatic rings. The summed E-state index contributed by atoms with van der Waals surface area (Å²) in [6, 6.07) is 1.86. The van der Waals surface area contributed by atoms with Gasteiger partial charge in [0.15, 0.2) is 0 Å². The summed E-state index contributed by atoms with van der Waals surface area (Å²) in [5, 5.41) is 16.3. The smallest absolute Gasteiger partial charge is 0.263 e. The fraction of sp³-hybridized carbons (Fsp3) is 0.333. The lowest BCUT2D eigenvalue weighted by Crippen LogP contribution is -1.98. The van der Waals surface area contributed by atoms with Crippen LogP contribution in [0.1, 0.15) is 4.88 Å². The van der Waals surface area contributed by atoms with E-state index in [0.717, 1.165) is 4.88 Å². The molecule has 2 rings (SSSR count). The van der Waals surface area contributed by atoms with Crippen LogP contribution in [0.25, 0.3) is 0 Å². The molecule has 0 saturated heterocycles. The topological polar surface area (TPSA) is 88.6 Å². The molecule has 0 radical (unpaired) electrons. The average Bonchev–Trinajstić information content (AvgIpc) is 2.86. The molecule has 2 aromatic heterocycles. The van der Waals surface area contributed by atoms with Crippen molar-refractivity contribution in [3.63, 3.8) is 0 Å². The van der Waals surface area contributed by atoms with Gasteiger partial charge < -0.3 is 10.1 Å². The predicted octanol–water partition coefficient (Wildman–Crippen LogP) is 0.277. The van der Waals surface area contributed by atoms with E-state index in [9.17, 15) is 0 Å². The third-order valence-electron chi connectivity index (χ3n) is 1.51. The van der Waals surface area contributed by atoms with Gasteiger partial charge in [-0.05, 0) is 16.7 Å². The van der Waals surface area contributed by atoms with Gasteiger partial charge in [0, 0.05) is 10.9 Å². The molecule has 2 heterocycles. The summed E-state index contributed by atoms with van der Waals surface area (Å²) >= 11 is 1.37. The summed E-state index contributed by atoms with van der Waals surface area (Å²) in [6.45, 7) is 0.612. The van der Waals surface area contributed by atoms with Gasteiger partial charge in [0.1, 0.15) is 0 Å². The second-order valence-electron chi connectivity index (χ2n) is 2.42. The summed E-state index contributed by atoms with van der Waals surface area (Å²) in [6.07, 6.45) is 0. The summed E-state index contributed by atoms with van der Waals surface area (Å²) in [4.78, 5) is 1.05. The van der Waals surface area contributed by atoms with E-state index in [2.05, 4.69) is 30.3 Å². The minimum Gasteiger partial charge on any atom is -0.480 e. The van der Waals surface area contributed by atoms with Gasteiger partial charge in [-0.2, -0.15) is 9.59 Å². The van der Waals surface area contributed by atoms with Gasteiger partial charge in [-0.25, -0.2) is 0 Å². The number of H-pyrrole nitrogens is 1. The molecule has 0 fully saturated rings. The molecule has 0 aliphatic heterocycles. The van der Waals surface area contributed by atoms with E-state index in [0.29, 0.717) is 18.4 Å². The molecule has 14 heavy (non-hydrogen) atoms. The van der Waals surface area contributed by atoms with Crippen molar-refractivity contribution in [1.82, 2.24) is 25.0 Å². The first-order chi connectivity index (χ1) is 6.88. The van der Waals surface area contributed by atoms with Crippen LogP contribution in [0, 0.1) is 0 Å². The predicted molar refractivity (Wildman–Crippen MR) is 50.2 cm³/mol. The zero-order valence-electron chi connectivity index (χ0n) is 7.39. The monoisotopic (exact) mass is 212 g/mol. The van der Waals surface area contributed by atoms with E-state index < -0.39 is 0 Å². The van der Waals surface area contributed by atoms with Crippen LogP contribution in [0.15, 0.2) is 6.07 Å². The van der Waals surface area contributed by atoms with Crippen LogP contribution in [0.5, 0.6) is 5.88 Å². The molecular weight excluding hydrogens is 204 g/mol. The third-order valence-corrected chi connectivity index (χ3v) is 2.28. The van der Waals surface area contributed by atoms with Crippen LogP contribution in [-0.2, 0) is 6.54 Å². The lowest BCUT2D eigenvalue weighted by molar-refractivity contribution is 0.402. The Hall–Kier alpha value is -1.70. The van der Waals surface area contributed by atoms with E-state index in [1.54, 1.807) is 7.11 Å². The molecule has 0 bridgehead atoms. The average molecular weight is 212 g/mol. The van der Waals surface area contributed by atoms with Gasteiger partial charge in [-0.1, -0.05) is 5.10 Å². The number of aromatic nitrogens is 5. The van der Waals surface area contributed by atoms with Crippen molar-refractivity contribution in [2.45, 2.75) is 6.54 Å². The Morgan fingerprint density at radius 3 is 3.21 bits per heavy atom. The maximum atomic E-state index is 4.95. The number of nitrogens with one attached hydrogen (secondary N) is 2. The van der Waals surface area contributed by atoms with Crippen molar-refractivity contribution >= 4 is 17.5 Å². The molecule has 74 valence electrons. The molecule has 0 aliphatic rings. The molecule has 0 aliphatic carbocycles. The van der Waals surface area contributed by atoms with Crippen molar-refractivity contribution in [2.75, 3.05) is 12.4 Å². The van der Waals surface area contributed by atoms with E-state index in [1.807, 2.05) is 6.07 Å². The minimum atomic E-state index is 0.470. The van der Waals surface area contributed by atoms with Gasteiger partial charge in [-0.15, -0.1) is 5.10 Å². The highest BCUT2D eigenvalue weighted by Gasteiger charge is 2.02. The maximum absolute atomic E-state index is 4.95. The van der Waals surface area contributed by atoms with Crippen molar-refractivity contribution in [2.24, 2.45) is 0 Å². The van der Waals surface area contributed by atoms with Crippen LogP contribution < -0.4 is 10.1 Å². The molecule has 0 unspecified atom stereocenters. The Morgan fingerprint density at radius 2 is 2.57 bits per heavy atom. The van der Waals surface area contributed by atoms with E-state index >= 15 is 0 Å². The Bertz CT molecular complexity index is 385. The number of ether oxygens (including phenoxy) is 1. The number of methoxy groups -OCH3 is 1. The largest absolute Gasteiger partial charge is 0.480 e. The molecule has 7 nitrogen and oxygen atoms in total. The van der Waals surface area contributed by atoms with E-state index in [-0.39, 0.29) is 0 Å². The van der Waals surface area contributed by atoms with Crippen LogP contribution >= 0.6 is 11.5 Å². The molecule has 2 N–H and O–H groups in total. The van der Waals surface area contributed by atoms with E-state index in [1.165, 1.54) is 11.5 Å². The number of tetrazole rings is 1. The van der Waals surface area contributed by atoms with Gasteiger partial charge >= 0.3 is 0 Å². The summed E-state index contributed by atoms with van der Waals surface area (Å²) in [5.41, 5.74) is 0. The summed E-state index contributed by atoms with van der Waals surface area (Å²) in [5.74, 6) is 1.09. The van der Waals surface area contributed by atoms with Gasteiger partial charge in [0.2, 0.25) is 5.88 Å². The van der Waals surface area contributed by atoms with Crippen LogP contribution in [0.4, 0.5) is 5.95 Å². The fourth-order valence-corrected chi connectivity index (χ4v) is 1.50. The number of aromatic amines is 1. The summed E-state index contributed by atoms with van der Waals surface area (Å²) < 4.78 is 9.00. The molecule has 0 spiro atoms. The van der Waals surface area contributed by atoms with Crippen molar-refractivity contribution in [3.05, 3.63) is 10.9 Å². The van der Waals surface area contributed by atoms with E-state index in [4.69, 9.17) is 4.74 Å². The number of anilines is 1. The number of hydrogen-bond donors (Lipinski definition) is 2. The molecule has 0 amide bonds. The van der Waals surface area contributed by atoms with Crippen molar-refractivity contribution in [3.8, 4) is 5.88 Å². The normalized spacial score (nSPS) is 10.1. The lowest BCUT2D eigenvalue weighted by atomic mass is 10.5. The van der Waals surface area contributed by atoms with Crippen molar-refractivity contribution in [1.29, 1.82) is 0 Å². The SMILES string of the molecule is COc1cc(CNc2nn[nH]n2)sn1. The Kier molecular flexibility index (Phi) is 2.54. The Labute approximate surface area is 83.7 Å². The highest BCUT2D eigenvalue weighted by Crippen LogP contribution is 2.16. The van der Waals surface area contributed by atoms with Gasteiger partial charge in [0.05, 0.1) is 13.7 Å². The molecule has 0 atom stereocenters. The van der Waals surface area contributed by atoms with Crippen LogP contribution in [0.2, 0.25) is 0 Å². The standard InChI is InChI=1S/C6H8N6OS/c1-13-5-2-4(14-10-5)3-7-6-8-11-12-9-6/h2H,3H2,1H3,(H2,7,8,9,11,12).